The zero-order chi connectivity index (χ0) is 11.6. The summed E-state index contributed by atoms with van der Waals surface area (Å²) >= 11 is 0. The molecule has 0 saturated heterocycles. The van der Waals surface area contributed by atoms with E-state index in [4.69, 9.17) is 5.73 Å². The molecule has 0 radical (unpaired) electrons. The van der Waals surface area contributed by atoms with Gasteiger partial charge in [0, 0.05) is 11.0 Å². The first-order valence-electron chi connectivity index (χ1n) is 4.31. The van der Waals surface area contributed by atoms with E-state index >= 15 is 0 Å². The lowest BCUT2D eigenvalue weighted by Crippen LogP contribution is -2.47. The van der Waals surface area contributed by atoms with E-state index in [1.807, 2.05) is 0 Å². The standard InChI is InChI=1S/C9H12N2O4/c1-6-5-9(10,11(13)14)4-3-7(6)8(12)15-2/h3-4H,5,10H2,1-2H3. The van der Waals surface area contributed by atoms with Crippen LogP contribution in [0.1, 0.15) is 13.3 Å². The van der Waals surface area contributed by atoms with Gasteiger partial charge in [0.2, 0.25) is 0 Å². The summed E-state index contributed by atoms with van der Waals surface area (Å²) in [5.41, 5.74) is 4.81. The average Bonchev–Trinajstić information content (AvgIpc) is 2.16. The number of ether oxygens (including phenoxy) is 1. The number of hydrogen-bond donors (Lipinski definition) is 1. The molecule has 2 N–H and O–H groups in total. The van der Waals surface area contributed by atoms with Gasteiger partial charge in [0.05, 0.1) is 19.1 Å². The van der Waals surface area contributed by atoms with Crippen molar-refractivity contribution in [3.05, 3.63) is 33.4 Å². The highest BCUT2D eigenvalue weighted by atomic mass is 16.6. The van der Waals surface area contributed by atoms with Crippen molar-refractivity contribution in [2.75, 3.05) is 7.11 Å². The van der Waals surface area contributed by atoms with E-state index in [-0.39, 0.29) is 6.42 Å². The van der Waals surface area contributed by atoms with Gasteiger partial charge in [-0.05, 0) is 18.6 Å². The van der Waals surface area contributed by atoms with Gasteiger partial charge in [-0.3, -0.25) is 15.8 Å². The molecule has 15 heavy (non-hydrogen) atoms. The predicted molar refractivity (Wildman–Crippen MR) is 52.4 cm³/mol. The Morgan fingerprint density at radius 1 is 1.73 bits per heavy atom. The van der Waals surface area contributed by atoms with Crippen LogP contribution in [0.25, 0.3) is 0 Å². The maximum absolute atomic E-state index is 11.2. The number of carbonyl (C=O) groups excluding carboxylic acids is 1. The van der Waals surface area contributed by atoms with Gasteiger partial charge < -0.3 is 4.74 Å². The number of rotatable bonds is 2. The molecule has 82 valence electrons. The van der Waals surface area contributed by atoms with Gasteiger partial charge in [-0.25, -0.2) is 4.79 Å². The molecule has 1 atom stereocenters. The third kappa shape index (κ3) is 2.04. The Bertz CT molecular complexity index is 372. The topological polar surface area (TPSA) is 95.5 Å². The summed E-state index contributed by atoms with van der Waals surface area (Å²) in [6, 6.07) is 0. The van der Waals surface area contributed by atoms with Gasteiger partial charge in [0.25, 0.3) is 5.66 Å². The minimum atomic E-state index is -1.61. The molecular formula is C9H12N2O4. The number of hydrogen-bond acceptors (Lipinski definition) is 5. The molecule has 1 aliphatic carbocycles. The van der Waals surface area contributed by atoms with Crippen LogP contribution < -0.4 is 5.73 Å². The zero-order valence-electron chi connectivity index (χ0n) is 8.52. The minimum Gasteiger partial charge on any atom is -0.465 e. The van der Waals surface area contributed by atoms with Crippen molar-refractivity contribution in [1.29, 1.82) is 0 Å². The number of methoxy groups -OCH3 is 1. The Balaban J connectivity index is 2.99. The van der Waals surface area contributed by atoms with Crippen LogP contribution in [0.3, 0.4) is 0 Å². The highest BCUT2D eigenvalue weighted by Crippen LogP contribution is 2.25. The van der Waals surface area contributed by atoms with Crippen molar-refractivity contribution in [3.8, 4) is 0 Å². The Kier molecular flexibility index (Phi) is 2.90. The lowest BCUT2D eigenvalue weighted by molar-refractivity contribution is -0.553. The Labute approximate surface area is 86.5 Å². The first-order valence-corrected chi connectivity index (χ1v) is 4.31. The molecular weight excluding hydrogens is 200 g/mol. The lowest BCUT2D eigenvalue weighted by atomic mass is 9.91. The van der Waals surface area contributed by atoms with E-state index in [0.29, 0.717) is 11.1 Å². The van der Waals surface area contributed by atoms with Gasteiger partial charge in [-0.15, -0.1) is 0 Å². The molecule has 1 unspecified atom stereocenters. The minimum absolute atomic E-state index is 0.0148. The summed E-state index contributed by atoms with van der Waals surface area (Å²) in [5, 5.41) is 10.7. The average molecular weight is 212 g/mol. The van der Waals surface area contributed by atoms with Crippen molar-refractivity contribution >= 4 is 5.97 Å². The highest BCUT2D eigenvalue weighted by Gasteiger charge is 2.38. The van der Waals surface area contributed by atoms with Crippen molar-refractivity contribution < 1.29 is 14.5 Å². The molecule has 0 bridgehead atoms. The number of esters is 1. The second kappa shape index (κ2) is 3.82. The predicted octanol–water partition coefficient (Wildman–Crippen LogP) is 0.368. The third-order valence-electron chi connectivity index (χ3n) is 2.29. The lowest BCUT2D eigenvalue weighted by Gasteiger charge is -2.21. The smallest absolute Gasteiger partial charge is 0.337 e. The molecule has 6 nitrogen and oxygen atoms in total. The molecule has 0 aliphatic heterocycles. The van der Waals surface area contributed by atoms with Gasteiger partial charge in [0.15, 0.2) is 0 Å². The summed E-state index contributed by atoms with van der Waals surface area (Å²) in [7, 11) is 1.26. The number of nitrogens with zero attached hydrogens (tertiary/aromatic N) is 1. The summed E-state index contributed by atoms with van der Waals surface area (Å²) in [5.74, 6) is -0.505. The van der Waals surface area contributed by atoms with E-state index in [9.17, 15) is 14.9 Å². The van der Waals surface area contributed by atoms with Crippen LogP contribution >= 0.6 is 0 Å². The molecule has 0 aromatic carbocycles. The van der Waals surface area contributed by atoms with E-state index in [2.05, 4.69) is 4.74 Å². The molecule has 6 heteroatoms. The first-order chi connectivity index (χ1) is 6.90. The van der Waals surface area contributed by atoms with Crippen LogP contribution in [0, 0.1) is 10.1 Å². The summed E-state index contributed by atoms with van der Waals surface area (Å²) in [6.45, 7) is 1.63. The fraction of sp³-hybridized carbons (Fsp3) is 0.444. The van der Waals surface area contributed by atoms with E-state index in [1.54, 1.807) is 6.92 Å². The van der Waals surface area contributed by atoms with E-state index < -0.39 is 16.6 Å². The van der Waals surface area contributed by atoms with E-state index in [0.717, 1.165) is 0 Å². The van der Waals surface area contributed by atoms with Crippen LogP contribution in [-0.2, 0) is 9.53 Å². The van der Waals surface area contributed by atoms with Gasteiger partial charge in [-0.2, -0.15) is 0 Å². The molecule has 0 aromatic heterocycles. The third-order valence-corrected chi connectivity index (χ3v) is 2.29. The normalized spacial score (nSPS) is 25.3. The quantitative estimate of drug-likeness (QED) is 0.308. The van der Waals surface area contributed by atoms with E-state index in [1.165, 1.54) is 19.3 Å². The molecule has 0 saturated carbocycles. The molecule has 0 heterocycles. The fourth-order valence-corrected chi connectivity index (χ4v) is 1.43. The van der Waals surface area contributed by atoms with Gasteiger partial charge in [-0.1, -0.05) is 0 Å². The molecule has 0 amide bonds. The van der Waals surface area contributed by atoms with Crippen LogP contribution in [-0.4, -0.2) is 23.7 Å². The fourth-order valence-electron chi connectivity index (χ4n) is 1.43. The SMILES string of the molecule is COC(=O)C1=C(C)CC(N)([N+](=O)[O-])C=C1. The van der Waals surface area contributed by atoms with Crippen LogP contribution in [0.2, 0.25) is 0 Å². The molecule has 1 rings (SSSR count). The van der Waals surface area contributed by atoms with Crippen LogP contribution in [0.4, 0.5) is 0 Å². The molecule has 0 spiro atoms. The second-order valence-electron chi connectivity index (χ2n) is 3.44. The Hall–Kier alpha value is -1.69. The summed E-state index contributed by atoms with van der Waals surface area (Å²) in [6.07, 6.45) is 2.57. The number of nitrogens with two attached hydrogens (primary N) is 1. The van der Waals surface area contributed by atoms with Gasteiger partial charge in [0.1, 0.15) is 0 Å². The summed E-state index contributed by atoms with van der Waals surface area (Å²) in [4.78, 5) is 21.3. The van der Waals surface area contributed by atoms with Crippen LogP contribution in [0.5, 0.6) is 0 Å². The van der Waals surface area contributed by atoms with Crippen LogP contribution in [0.15, 0.2) is 23.3 Å². The molecule has 1 aliphatic rings. The maximum atomic E-state index is 11.2. The number of nitro groups is 1. The number of carbonyl (C=O) groups is 1. The second-order valence-corrected chi connectivity index (χ2v) is 3.44. The Morgan fingerprint density at radius 3 is 2.73 bits per heavy atom. The largest absolute Gasteiger partial charge is 0.465 e. The first kappa shape index (κ1) is 11.4. The summed E-state index contributed by atoms with van der Waals surface area (Å²) < 4.78 is 4.53. The van der Waals surface area contributed by atoms with Crippen molar-refractivity contribution in [2.45, 2.75) is 19.0 Å². The Morgan fingerprint density at radius 2 is 2.33 bits per heavy atom. The molecule has 0 fully saturated rings. The van der Waals surface area contributed by atoms with Crippen molar-refractivity contribution in [1.82, 2.24) is 0 Å². The van der Waals surface area contributed by atoms with Crippen molar-refractivity contribution in [3.63, 3.8) is 0 Å². The van der Waals surface area contributed by atoms with Gasteiger partial charge >= 0.3 is 5.97 Å². The zero-order valence-corrected chi connectivity index (χ0v) is 8.52. The maximum Gasteiger partial charge on any atom is 0.337 e. The van der Waals surface area contributed by atoms with Crippen molar-refractivity contribution in [2.24, 2.45) is 5.73 Å². The molecule has 0 aromatic rings. The monoisotopic (exact) mass is 212 g/mol. The highest BCUT2D eigenvalue weighted by molar-refractivity contribution is 5.92.